The summed E-state index contributed by atoms with van der Waals surface area (Å²) in [5.41, 5.74) is 5.03. The number of amides is 1. The van der Waals surface area contributed by atoms with Gasteiger partial charge >= 0.3 is 0 Å². The van der Waals surface area contributed by atoms with Crippen LogP contribution in [0.4, 0.5) is 0 Å². The molecule has 2 heterocycles. The summed E-state index contributed by atoms with van der Waals surface area (Å²) in [5.74, 6) is -0.128. The van der Waals surface area contributed by atoms with Gasteiger partial charge in [-0.2, -0.15) is 9.40 Å². The molecule has 0 spiro atoms. The molecule has 1 aliphatic rings. The maximum Gasteiger partial charge on any atom is 0.251 e. The SMILES string of the molecule is CCc1ccc(CNC(=O)c2ccc(Cn3nc(C)c(S(=O)(=O)N4CCCCC4)c3C)cc2)cc1. The van der Waals surface area contributed by atoms with Gasteiger partial charge in [0.15, 0.2) is 0 Å². The number of hydrogen-bond acceptors (Lipinski definition) is 4. The number of rotatable bonds is 8. The summed E-state index contributed by atoms with van der Waals surface area (Å²) >= 11 is 0. The van der Waals surface area contributed by atoms with Crippen LogP contribution >= 0.6 is 0 Å². The van der Waals surface area contributed by atoms with Crippen molar-refractivity contribution >= 4 is 15.9 Å². The van der Waals surface area contributed by atoms with Gasteiger partial charge in [0.1, 0.15) is 4.90 Å². The highest BCUT2D eigenvalue weighted by atomic mass is 32.2. The lowest BCUT2D eigenvalue weighted by molar-refractivity contribution is 0.0951. The van der Waals surface area contributed by atoms with E-state index in [2.05, 4.69) is 29.5 Å². The molecule has 0 atom stereocenters. The smallest absolute Gasteiger partial charge is 0.251 e. The number of piperidine rings is 1. The van der Waals surface area contributed by atoms with Crippen LogP contribution in [0.25, 0.3) is 0 Å². The molecule has 2 aromatic carbocycles. The molecule has 1 saturated heterocycles. The Kier molecular flexibility index (Phi) is 7.72. The zero-order chi connectivity index (χ0) is 25.0. The fourth-order valence-electron chi connectivity index (χ4n) is 4.55. The molecule has 0 aliphatic carbocycles. The molecule has 0 radical (unpaired) electrons. The summed E-state index contributed by atoms with van der Waals surface area (Å²) < 4.78 is 29.8. The zero-order valence-corrected chi connectivity index (χ0v) is 21.6. The van der Waals surface area contributed by atoms with Crippen molar-refractivity contribution in [1.29, 1.82) is 0 Å². The van der Waals surface area contributed by atoms with Gasteiger partial charge in [-0.15, -0.1) is 0 Å². The second-order valence-corrected chi connectivity index (χ2v) is 11.0. The van der Waals surface area contributed by atoms with Gasteiger partial charge in [0.05, 0.1) is 17.9 Å². The minimum absolute atomic E-state index is 0.128. The molecule has 186 valence electrons. The van der Waals surface area contributed by atoms with Crippen LogP contribution in [0.5, 0.6) is 0 Å². The third kappa shape index (κ3) is 5.65. The maximum atomic E-state index is 13.2. The van der Waals surface area contributed by atoms with E-state index in [1.807, 2.05) is 31.2 Å². The molecule has 1 amide bonds. The van der Waals surface area contributed by atoms with Crippen LogP contribution in [0.15, 0.2) is 53.4 Å². The van der Waals surface area contributed by atoms with Gasteiger partial charge in [-0.3, -0.25) is 9.48 Å². The van der Waals surface area contributed by atoms with E-state index in [-0.39, 0.29) is 5.91 Å². The van der Waals surface area contributed by atoms with Crippen molar-refractivity contribution in [2.45, 2.75) is 64.4 Å². The van der Waals surface area contributed by atoms with Gasteiger partial charge in [0.2, 0.25) is 10.0 Å². The van der Waals surface area contributed by atoms with Crippen LogP contribution in [0.2, 0.25) is 0 Å². The molecular weight excluding hydrogens is 460 g/mol. The molecular formula is C27H34N4O3S. The Morgan fingerprint density at radius 2 is 1.51 bits per heavy atom. The highest BCUT2D eigenvalue weighted by molar-refractivity contribution is 7.89. The summed E-state index contributed by atoms with van der Waals surface area (Å²) in [6.45, 7) is 7.74. The Labute approximate surface area is 208 Å². The Bertz CT molecular complexity index is 1270. The molecule has 7 nitrogen and oxygen atoms in total. The van der Waals surface area contributed by atoms with Crippen LogP contribution in [0.3, 0.4) is 0 Å². The molecule has 4 rings (SSSR count). The predicted octanol–water partition coefficient (Wildman–Crippen LogP) is 4.22. The van der Waals surface area contributed by atoms with Crippen molar-refractivity contribution in [3.05, 3.63) is 82.2 Å². The Balaban J connectivity index is 1.42. The summed E-state index contributed by atoms with van der Waals surface area (Å²) in [5, 5.41) is 7.49. The molecule has 0 bridgehead atoms. The average molecular weight is 495 g/mol. The summed E-state index contributed by atoms with van der Waals surface area (Å²) in [4.78, 5) is 12.9. The van der Waals surface area contributed by atoms with Crippen LogP contribution in [0, 0.1) is 13.8 Å². The number of aryl methyl sites for hydroxylation is 2. The molecule has 1 fully saturated rings. The fraction of sp³-hybridized carbons (Fsp3) is 0.407. The molecule has 0 saturated carbocycles. The first-order valence-electron chi connectivity index (χ1n) is 12.3. The van der Waals surface area contributed by atoms with Crippen molar-refractivity contribution < 1.29 is 13.2 Å². The van der Waals surface area contributed by atoms with Crippen LogP contribution < -0.4 is 5.32 Å². The zero-order valence-electron chi connectivity index (χ0n) is 20.8. The number of aromatic nitrogens is 2. The van der Waals surface area contributed by atoms with Crippen LogP contribution in [-0.4, -0.2) is 41.5 Å². The predicted molar refractivity (Wildman–Crippen MR) is 137 cm³/mol. The minimum atomic E-state index is -3.55. The number of sulfonamides is 1. The Hall–Kier alpha value is -2.97. The third-order valence-corrected chi connectivity index (χ3v) is 8.81. The molecule has 1 aromatic heterocycles. The third-order valence-electron chi connectivity index (χ3n) is 6.66. The number of nitrogens with zero attached hydrogens (tertiary/aromatic N) is 3. The molecule has 1 aliphatic heterocycles. The minimum Gasteiger partial charge on any atom is -0.348 e. The van der Waals surface area contributed by atoms with Crippen LogP contribution in [-0.2, 0) is 29.5 Å². The lowest BCUT2D eigenvalue weighted by Gasteiger charge is -2.26. The van der Waals surface area contributed by atoms with Crippen molar-refractivity contribution in [3.63, 3.8) is 0 Å². The summed E-state index contributed by atoms with van der Waals surface area (Å²) in [7, 11) is -3.55. The van der Waals surface area contributed by atoms with E-state index in [4.69, 9.17) is 0 Å². The quantitative estimate of drug-likeness (QED) is 0.508. The first-order chi connectivity index (χ1) is 16.8. The summed E-state index contributed by atoms with van der Waals surface area (Å²) in [6, 6.07) is 15.6. The summed E-state index contributed by atoms with van der Waals surface area (Å²) in [6.07, 6.45) is 3.86. The highest BCUT2D eigenvalue weighted by Gasteiger charge is 2.31. The number of hydrogen-bond donors (Lipinski definition) is 1. The highest BCUT2D eigenvalue weighted by Crippen LogP contribution is 2.26. The normalized spacial score (nSPS) is 14.7. The first kappa shape index (κ1) is 25.1. The van der Waals surface area contributed by atoms with Gasteiger partial charge in [-0.1, -0.05) is 49.7 Å². The molecule has 8 heteroatoms. The second-order valence-electron chi connectivity index (χ2n) is 9.17. The van der Waals surface area contributed by atoms with E-state index < -0.39 is 10.0 Å². The van der Waals surface area contributed by atoms with Crippen molar-refractivity contribution in [2.24, 2.45) is 0 Å². The van der Waals surface area contributed by atoms with Crippen molar-refractivity contribution in [3.8, 4) is 0 Å². The number of carbonyl (C=O) groups is 1. The van der Waals surface area contributed by atoms with E-state index in [0.29, 0.717) is 48.0 Å². The van der Waals surface area contributed by atoms with Gasteiger partial charge < -0.3 is 5.32 Å². The molecule has 3 aromatic rings. The topological polar surface area (TPSA) is 84.3 Å². The number of benzene rings is 2. The van der Waals surface area contributed by atoms with E-state index >= 15 is 0 Å². The lowest BCUT2D eigenvalue weighted by atomic mass is 10.1. The molecule has 1 N–H and O–H groups in total. The Morgan fingerprint density at radius 3 is 2.14 bits per heavy atom. The van der Waals surface area contributed by atoms with Gasteiger partial charge in [0, 0.05) is 25.2 Å². The van der Waals surface area contributed by atoms with Crippen LogP contribution in [0.1, 0.15) is 64.6 Å². The first-order valence-corrected chi connectivity index (χ1v) is 13.7. The van der Waals surface area contributed by atoms with E-state index in [9.17, 15) is 13.2 Å². The molecule has 35 heavy (non-hydrogen) atoms. The second kappa shape index (κ2) is 10.7. The lowest BCUT2D eigenvalue weighted by Crippen LogP contribution is -2.36. The standard InChI is InChI=1S/C27H34N4O3S/c1-4-22-8-10-23(11-9-22)18-28-27(32)25-14-12-24(13-15-25)19-31-21(3)26(20(2)29-31)35(33,34)30-16-6-5-7-17-30/h8-15H,4-7,16-19H2,1-3H3,(H,28,32). The average Bonchev–Trinajstić information content (AvgIpc) is 3.16. The number of nitrogens with one attached hydrogen (secondary N) is 1. The van der Waals surface area contributed by atoms with E-state index in [1.54, 1.807) is 28.0 Å². The van der Waals surface area contributed by atoms with Gasteiger partial charge in [-0.05, 0) is 61.9 Å². The van der Waals surface area contributed by atoms with Crippen molar-refractivity contribution in [2.75, 3.05) is 13.1 Å². The Morgan fingerprint density at radius 1 is 0.914 bits per heavy atom. The maximum absolute atomic E-state index is 13.2. The largest absolute Gasteiger partial charge is 0.348 e. The monoisotopic (exact) mass is 494 g/mol. The van der Waals surface area contributed by atoms with Gasteiger partial charge in [-0.25, -0.2) is 8.42 Å². The van der Waals surface area contributed by atoms with E-state index in [1.165, 1.54) is 5.56 Å². The fourth-order valence-corrected chi connectivity index (χ4v) is 6.44. The van der Waals surface area contributed by atoms with E-state index in [0.717, 1.165) is 36.8 Å². The number of carbonyl (C=O) groups excluding carboxylic acids is 1. The van der Waals surface area contributed by atoms with Crippen molar-refractivity contribution in [1.82, 2.24) is 19.4 Å². The van der Waals surface area contributed by atoms with Gasteiger partial charge in [0.25, 0.3) is 5.91 Å². The molecule has 0 unspecified atom stereocenters.